The van der Waals surface area contributed by atoms with Crippen molar-refractivity contribution < 1.29 is 19.1 Å². The maximum absolute atomic E-state index is 12.4. The van der Waals surface area contributed by atoms with Crippen LogP contribution in [0.4, 0.5) is 10.5 Å². The molecule has 7 nitrogen and oxygen atoms in total. The number of carbonyl (C=O) groups is 3. The summed E-state index contributed by atoms with van der Waals surface area (Å²) in [7, 11) is 0. The van der Waals surface area contributed by atoms with Gasteiger partial charge in [0.15, 0.2) is 0 Å². The fourth-order valence-corrected chi connectivity index (χ4v) is 4.98. The van der Waals surface area contributed by atoms with E-state index in [1.54, 1.807) is 0 Å². The zero-order valence-electron chi connectivity index (χ0n) is 18.8. The minimum absolute atomic E-state index is 0.182. The Morgan fingerprint density at radius 2 is 1.71 bits per heavy atom. The van der Waals surface area contributed by atoms with Crippen molar-refractivity contribution in [3.63, 3.8) is 0 Å². The number of carbonyl (C=O) groups excluding carboxylic acids is 3. The van der Waals surface area contributed by atoms with Gasteiger partial charge in [-0.15, -0.1) is 0 Å². The van der Waals surface area contributed by atoms with Crippen molar-refractivity contribution in [3.05, 3.63) is 29.8 Å². The van der Waals surface area contributed by atoms with Crippen molar-refractivity contribution in [3.8, 4) is 0 Å². The van der Waals surface area contributed by atoms with Crippen LogP contribution in [0.1, 0.15) is 64.4 Å². The molecule has 0 saturated carbocycles. The first-order chi connectivity index (χ1) is 14.6. The van der Waals surface area contributed by atoms with E-state index in [0.29, 0.717) is 12.8 Å². The van der Waals surface area contributed by atoms with Gasteiger partial charge < -0.3 is 14.5 Å². The predicted octanol–water partition coefficient (Wildman–Crippen LogP) is 3.43. The van der Waals surface area contributed by atoms with Gasteiger partial charge in [-0.2, -0.15) is 0 Å². The van der Waals surface area contributed by atoms with E-state index in [2.05, 4.69) is 22.3 Å². The molecule has 0 unspecified atom stereocenters. The number of likely N-dealkylation sites (tertiary alicyclic amines) is 1. The lowest BCUT2D eigenvalue weighted by atomic mass is 9.78. The lowest BCUT2D eigenvalue weighted by Crippen LogP contribution is -2.46. The van der Waals surface area contributed by atoms with Crippen LogP contribution in [-0.4, -0.2) is 54.6 Å². The largest absolute Gasteiger partial charge is 0.444 e. The van der Waals surface area contributed by atoms with E-state index in [1.165, 1.54) is 5.69 Å². The summed E-state index contributed by atoms with van der Waals surface area (Å²) in [5.41, 5.74) is 1.92. The molecule has 168 valence electrons. The Labute approximate surface area is 184 Å². The third-order valence-corrected chi connectivity index (χ3v) is 6.81. The van der Waals surface area contributed by atoms with E-state index in [0.717, 1.165) is 51.0 Å². The molecule has 1 atom stereocenters. The van der Waals surface area contributed by atoms with Gasteiger partial charge >= 0.3 is 6.09 Å². The van der Waals surface area contributed by atoms with Crippen LogP contribution in [0, 0.1) is 5.41 Å². The van der Waals surface area contributed by atoms with Crippen LogP contribution in [0.25, 0.3) is 0 Å². The summed E-state index contributed by atoms with van der Waals surface area (Å²) < 4.78 is 5.52. The second kappa shape index (κ2) is 8.17. The Morgan fingerprint density at radius 3 is 2.32 bits per heavy atom. The number of nitrogens with zero attached hydrogens (tertiary/aromatic N) is 2. The molecular weight excluding hydrogens is 394 g/mol. The molecule has 3 saturated heterocycles. The number of amides is 3. The standard InChI is InChI=1S/C24H33N3O4/c1-23(2,3)31-22(30)26-13-10-24(11-14-26)12-15-27(16-24)18-6-4-17(5-7-18)19-8-9-20(28)25-21(19)29/h4-7,19H,8-16H2,1-3H3,(H,25,28,29)/t19-/m1/s1. The van der Waals surface area contributed by atoms with E-state index >= 15 is 0 Å². The normalized spacial score (nSPS) is 23.8. The average Bonchev–Trinajstić information content (AvgIpc) is 3.11. The number of imide groups is 1. The SMILES string of the molecule is CC(C)(C)OC(=O)N1CCC2(CC1)CCN(c1ccc([C@H]3CCC(=O)NC3=O)cc1)C2. The number of nitrogens with one attached hydrogen (secondary N) is 1. The first kappa shape index (κ1) is 21.7. The lowest BCUT2D eigenvalue weighted by molar-refractivity contribution is -0.134. The van der Waals surface area contributed by atoms with Crippen LogP contribution in [-0.2, 0) is 14.3 Å². The molecule has 0 aliphatic carbocycles. The fourth-order valence-electron chi connectivity index (χ4n) is 4.98. The van der Waals surface area contributed by atoms with Crippen LogP contribution in [0.3, 0.4) is 0 Å². The van der Waals surface area contributed by atoms with Crippen molar-refractivity contribution in [2.75, 3.05) is 31.1 Å². The second-order valence-corrected chi connectivity index (χ2v) is 10.2. The quantitative estimate of drug-likeness (QED) is 0.732. The van der Waals surface area contributed by atoms with E-state index in [1.807, 2.05) is 37.8 Å². The molecular formula is C24H33N3O4. The highest BCUT2D eigenvalue weighted by Crippen LogP contribution is 2.42. The van der Waals surface area contributed by atoms with Gasteiger partial charge in [0, 0.05) is 38.3 Å². The molecule has 3 aliphatic rings. The van der Waals surface area contributed by atoms with Gasteiger partial charge in [0.1, 0.15) is 5.60 Å². The Bertz CT molecular complexity index is 851. The fraction of sp³-hybridized carbons (Fsp3) is 0.625. The molecule has 3 fully saturated rings. The summed E-state index contributed by atoms with van der Waals surface area (Å²) in [5, 5.41) is 2.44. The number of ether oxygens (including phenoxy) is 1. The van der Waals surface area contributed by atoms with Crippen LogP contribution in [0.5, 0.6) is 0 Å². The molecule has 1 N–H and O–H groups in total. The highest BCUT2D eigenvalue weighted by Gasteiger charge is 2.42. The highest BCUT2D eigenvalue weighted by atomic mass is 16.6. The van der Waals surface area contributed by atoms with E-state index in [4.69, 9.17) is 4.74 Å². The molecule has 1 aromatic carbocycles. The molecule has 0 bridgehead atoms. The summed E-state index contributed by atoms with van der Waals surface area (Å²) in [6.45, 7) is 9.19. The van der Waals surface area contributed by atoms with Crippen molar-refractivity contribution >= 4 is 23.6 Å². The van der Waals surface area contributed by atoms with E-state index in [-0.39, 0.29) is 29.2 Å². The summed E-state index contributed by atoms with van der Waals surface area (Å²) in [5.74, 6) is -0.618. The number of hydrogen-bond acceptors (Lipinski definition) is 5. The van der Waals surface area contributed by atoms with Crippen molar-refractivity contribution in [1.29, 1.82) is 0 Å². The molecule has 0 radical (unpaired) electrons. The van der Waals surface area contributed by atoms with Gasteiger partial charge in [0.05, 0.1) is 5.92 Å². The zero-order valence-corrected chi connectivity index (χ0v) is 18.8. The number of piperidine rings is 2. The number of anilines is 1. The van der Waals surface area contributed by atoms with E-state index in [9.17, 15) is 14.4 Å². The topological polar surface area (TPSA) is 79.0 Å². The third-order valence-electron chi connectivity index (χ3n) is 6.81. The molecule has 7 heteroatoms. The van der Waals surface area contributed by atoms with Gasteiger partial charge in [0.25, 0.3) is 0 Å². The van der Waals surface area contributed by atoms with Crippen LogP contribution in [0.2, 0.25) is 0 Å². The molecule has 3 heterocycles. The van der Waals surface area contributed by atoms with Crippen LogP contribution >= 0.6 is 0 Å². The molecule has 0 aromatic heterocycles. The van der Waals surface area contributed by atoms with Crippen molar-refractivity contribution in [2.45, 2.75) is 64.4 Å². The Balaban J connectivity index is 1.34. The van der Waals surface area contributed by atoms with Gasteiger partial charge in [-0.25, -0.2) is 4.79 Å². The van der Waals surface area contributed by atoms with Crippen LogP contribution in [0.15, 0.2) is 24.3 Å². The lowest BCUT2D eigenvalue weighted by Gasteiger charge is -2.39. The summed E-state index contributed by atoms with van der Waals surface area (Å²) in [6.07, 6.45) is 3.89. The van der Waals surface area contributed by atoms with Crippen molar-refractivity contribution in [1.82, 2.24) is 10.2 Å². The molecule has 1 spiro atoms. The maximum atomic E-state index is 12.4. The molecule has 1 aromatic rings. The summed E-state index contributed by atoms with van der Waals surface area (Å²) >= 11 is 0. The molecule has 31 heavy (non-hydrogen) atoms. The van der Waals surface area contributed by atoms with E-state index < -0.39 is 5.60 Å². The number of rotatable bonds is 2. The first-order valence-electron chi connectivity index (χ1n) is 11.3. The van der Waals surface area contributed by atoms with Crippen LogP contribution < -0.4 is 10.2 Å². The zero-order chi connectivity index (χ0) is 22.2. The Morgan fingerprint density at radius 1 is 1.06 bits per heavy atom. The number of hydrogen-bond donors (Lipinski definition) is 1. The molecule has 3 aliphatic heterocycles. The minimum Gasteiger partial charge on any atom is -0.444 e. The van der Waals surface area contributed by atoms with Crippen molar-refractivity contribution in [2.24, 2.45) is 5.41 Å². The third kappa shape index (κ3) is 4.86. The monoisotopic (exact) mass is 427 g/mol. The number of benzene rings is 1. The highest BCUT2D eigenvalue weighted by molar-refractivity contribution is 6.00. The molecule has 4 rings (SSSR count). The van der Waals surface area contributed by atoms with Gasteiger partial charge in [-0.3, -0.25) is 14.9 Å². The Hall–Kier alpha value is -2.57. The first-order valence-corrected chi connectivity index (χ1v) is 11.3. The Kier molecular flexibility index (Phi) is 5.71. The van der Waals surface area contributed by atoms with Gasteiger partial charge in [0.2, 0.25) is 11.8 Å². The minimum atomic E-state index is -0.462. The second-order valence-electron chi connectivity index (χ2n) is 10.2. The maximum Gasteiger partial charge on any atom is 0.410 e. The smallest absolute Gasteiger partial charge is 0.410 e. The predicted molar refractivity (Wildman–Crippen MR) is 118 cm³/mol. The van der Waals surface area contributed by atoms with Gasteiger partial charge in [-0.1, -0.05) is 12.1 Å². The summed E-state index contributed by atoms with van der Waals surface area (Å²) in [6, 6.07) is 8.22. The average molecular weight is 428 g/mol. The molecule has 3 amide bonds. The summed E-state index contributed by atoms with van der Waals surface area (Å²) in [4.78, 5) is 40.1. The van der Waals surface area contributed by atoms with Gasteiger partial charge in [-0.05, 0) is 69.6 Å².